The van der Waals surface area contributed by atoms with Crippen molar-refractivity contribution in [1.29, 1.82) is 0 Å². The fourth-order valence-corrected chi connectivity index (χ4v) is 3.99. The molecule has 19 heavy (non-hydrogen) atoms. The van der Waals surface area contributed by atoms with E-state index in [0.717, 1.165) is 31.6 Å². The number of nitrogens with zero attached hydrogens (tertiary/aromatic N) is 1. The van der Waals surface area contributed by atoms with Gasteiger partial charge in [0.2, 0.25) is 0 Å². The summed E-state index contributed by atoms with van der Waals surface area (Å²) in [6.45, 7) is 3.26. The van der Waals surface area contributed by atoms with Gasteiger partial charge in [-0.2, -0.15) is 0 Å². The minimum absolute atomic E-state index is 0.0840. The van der Waals surface area contributed by atoms with Crippen LogP contribution in [0.15, 0.2) is 18.2 Å². The fourth-order valence-electron chi connectivity index (χ4n) is 3.99. The lowest BCUT2D eigenvalue weighted by Gasteiger charge is -2.53. The quantitative estimate of drug-likeness (QED) is 0.883. The molecule has 3 heteroatoms. The summed E-state index contributed by atoms with van der Waals surface area (Å²) in [5.74, 6) is 0.899. The second kappa shape index (κ2) is 4.50. The number of likely N-dealkylation sites (N-methyl/N-ethyl adjacent to an activating group) is 1. The van der Waals surface area contributed by atoms with Gasteiger partial charge in [0, 0.05) is 11.5 Å². The van der Waals surface area contributed by atoms with Crippen molar-refractivity contribution in [2.75, 3.05) is 20.7 Å². The Morgan fingerprint density at radius 3 is 2.95 bits per heavy atom. The molecule has 1 unspecified atom stereocenters. The van der Waals surface area contributed by atoms with Crippen molar-refractivity contribution in [3.63, 3.8) is 0 Å². The van der Waals surface area contributed by atoms with E-state index >= 15 is 0 Å². The van der Waals surface area contributed by atoms with E-state index in [1.807, 2.05) is 6.07 Å². The highest BCUT2D eigenvalue weighted by molar-refractivity contribution is 5.45. The Hall–Kier alpha value is -1.06. The smallest absolute Gasteiger partial charge is 0.119 e. The molecule has 0 saturated carbocycles. The summed E-state index contributed by atoms with van der Waals surface area (Å²) in [7, 11) is 3.83. The Kier molecular flexibility index (Phi) is 3.06. The summed E-state index contributed by atoms with van der Waals surface area (Å²) < 4.78 is 5.37. The maximum atomic E-state index is 10.8. The summed E-state index contributed by atoms with van der Waals surface area (Å²) >= 11 is 0. The number of aliphatic hydroxyl groups is 1. The lowest BCUT2D eigenvalue weighted by molar-refractivity contribution is -0.0496. The first-order chi connectivity index (χ1) is 9.12. The third kappa shape index (κ3) is 1.72. The Balaban J connectivity index is 2.15. The molecule has 2 bridgehead atoms. The topological polar surface area (TPSA) is 32.7 Å². The van der Waals surface area contributed by atoms with Crippen LogP contribution in [0.4, 0.5) is 0 Å². The summed E-state index contributed by atoms with van der Waals surface area (Å²) in [6.07, 6.45) is 2.69. The minimum Gasteiger partial charge on any atom is -0.497 e. The zero-order valence-electron chi connectivity index (χ0n) is 12.0. The highest BCUT2D eigenvalue weighted by Crippen LogP contribution is 2.47. The summed E-state index contributed by atoms with van der Waals surface area (Å²) in [4.78, 5) is 2.31. The highest BCUT2D eigenvalue weighted by Gasteiger charge is 2.50. The van der Waals surface area contributed by atoms with Gasteiger partial charge in [0.15, 0.2) is 0 Å². The molecule has 0 amide bonds. The van der Waals surface area contributed by atoms with Gasteiger partial charge in [-0.15, -0.1) is 0 Å². The van der Waals surface area contributed by atoms with Crippen molar-refractivity contribution in [3.8, 4) is 5.75 Å². The molecule has 1 aromatic rings. The zero-order valence-corrected chi connectivity index (χ0v) is 12.0. The van der Waals surface area contributed by atoms with E-state index in [4.69, 9.17) is 4.74 Å². The van der Waals surface area contributed by atoms with Gasteiger partial charge < -0.3 is 14.7 Å². The Morgan fingerprint density at radius 1 is 1.47 bits per heavy atom. The number of benzene rings is 1. The first-order valence-corrected chi connectivity index (χ1v) is 7.18. The largest absolute Gasteiger partial charge is 0.497 e. The molecule has 2 aliphatic rings. The van der Waals surface area contributed by atoms with Crippen molar-refractivity contribution in [1.82, 2.24) is 4.90 Å². The minimum atomic E-state index is -0.268. The second-order valence-corrected chi connectivity index (χ2v) is 5.98. The third-order valence-corrected chi connectivity index (χ3v) is 5.32. The van der Waals surface area contributed by atoms with Crippen molar-refractivity contribution in [2.45, 2.75) is 43.7 Å². The van der Waals surface area contributed by atoms with Gasteiger partial charge >= 0.3 is 0 Å². The molecular weight excluding hydrogens is 238 g/mol. The maximum absolute atomic E-state index is 10.8. The molecule has 104 valence electrons. The van der Waals surface area contributed by atoms with Gasteiger partial charge in [0.25, 0.3) is 0 Å². The first kappa shape index (κ1) is 12.9. The molecule has 0 radical (unpaired) electrons. The molecule has 1 heterocycles. The molecule has 0 spiro atoms. The van der Waals surface area contributed by atoms with E-state index in [1.165, 1.54) is 11.1 Å². The van der Waals surface area contributed by atoms with Crippen LogP contribution in [0.3, 0.4) is 0 Å². The fraction of sp³-hybridized carbons (Fsp3) is 0.625. The number of rotatable bonds is 2. The van der Waals surface area contributed by atoms with Crippen molar-refractivity contribution >= 4 is 0 Å². The van der Waals surface area contributed by atoms with E-state index in [-0.39, 0.29) is 17.6 Å². The third-order valence-electron chi connectivity index (χ3n) is 5.32. The first-order valence-electron chi connectivity index (χ1n) is 7.18. The number of fused-ring (bicyclic) bond motifs is 4. The van der Waals surface area contributed by atoms with Gasteiger partial charge in [0.05, 0.1) is 13.2 Å². The van der Waals surface area contributed by atoms with Crippen LogP contribution in [0.5, 0.6) is 5.75 Å². The van der Waals surface area contributed by atoms with E-state index < -0.39 is 0 Å². The van der Waals surface area contributed by atoms with E-state index in [0.29, 0.717) is 0 Å². The molecule has 1 aliphatic heterocycles. The van der Waals surface area contributed by atoms with Crippen molar-refractivity contribution in [3.05, 3.63) is 29.3 Å². The summed E-state index contributed by atoms with van der Waals surface area (Å²) in [6, 6.07) is 6.62. The van der Waals surface area contributed by atoms with Crippen LogP contribution >= 0.6 is 0 Å². The normalized spacial score (nSPS) is 33.9. The van der Waals surface area contributed by atoms with Crippen LogP contribution in [0.1, 0.15) is 30.9 Å². The van der Waals surface area contributed by atoms with Gasteiger partial charge in [-0.3, -0.25) is 0 Å². The predicted octanol–water partition coefficient (Wildman–Crippen LogP) is 1.96. The summed E-state index contributed by atoms with van der Waals surface area (Å²) in [5, 5.41) is 10.8. The zero-order chi connectivity index (χ0) is 13.6. The van der Waals surface area contributed by atoms with Crippen LogP contribution in [0, 0.1) is 0 Å². The van der Waals surface area contributed by atoms with Gasteiger partial charge in [-0.1, -0.05) is 13.0 Å². The molecule has 3 atom stereocenters. The number of likely N-dealkylation sites (tertiary alicyclic amines) is 1. The standard InChI is InChI=1S/C16H23NO2/c1-4-16-7-8-17(2)14(15(16)18)9-11-5-6-12(19-3)10-13(11)16/h5-6,10,14-15,18H,4,7-9H2,1-3H3/t14?,15-,16+/m0/s1. The predicted molar refractivity (Wildman–Crippen MR) is 75.7 cm³/mol. The van der Waals surface area contributed by atoms with Crippen LogP contribution in [0.2, 0.25) is 0 Å². The molecule has 1 N–H and O–H groups in total. The molecule has 1 aliphatic carbocycles. The average Bonchev–Trinajstić information content (AvgIpc) is 2.43. The number of aliphatic hydroxyl groups excluding tert-OH is 1. The molecule has 3 rings (SSSR count). The van der Waals surface area contributed by atoms with Crippen LogP contribution < -0.4 is 4.74 Å². The Labute approximate surface area is 115 Å². The molecule has 1 fully saturated rings. The maximum Gasteiger partial charge on any atom is 0.119 e. The average molecular weight is 261 g/mol. The van der Waals surface area contributed by atoms with Gasteiger partial charge in [-0.25, -0.2) is 0 Å². The van der Waals surface area contributed by atoms with E-state index in [9.17, 15) is 5.11 Å². The summed E-state index contributed by atoms with van der Waals surface area (Å²) in [5.41, 5.74) is 2.61. The van der Waals surface area contributed by atoms with Crippen LogP contribution in [-0.2, 0) is 11.8 Å². The van der Waals surface area contributed by atoms with Crippen molar-refractivity contribution in [2.24, 2.45) is 0 Å². The number of ether oxygens (including phenoxy) is 1. The monoisotopic (exact) mass is 261 g/mol. The number of hydrogen-bond donors (Lipinski definition) is 1. The second-order valence-electron chi connectivity index (χ2n) is 5.98. The number of methoxy groups -OCH3 is 1. The molecular formula is C16H23NO2. The molecule has 0 aromatic heterocycles. The van der Waals surface area contributed by atoms with Crippen LogP contribution in [-0.4, -0.2) is 42.9 Å². The number of piperidine rings is 1. The highest BCUT2D eigenvalue weighted by atomic mass is 16.5. The molecule has 1 aromatic carbocycles. The van der Waals surface area contributed by atoms with Gasteiger partial charge in [0.1, 0.15) is 5.75 Å². The lowest BCUT2D eigenvalue weighted by atomic mass is 9.60. The van der Waals surface area contributed by atoms with E-state index in [1.54, 1.807) is 7.11 Å². The van der Waals surface area contributed by atoms with Crippen molar-refractivity contribution < 1.29 is 9.84 Å². The Bertz CT molecular complexity index is 488. The van der Waals surface area contributed by atoms with Crippen LogP contribution in [0.25, 0.3) is 0 Å². The van der Waals surface area contributed by atoms with Gasteiger partial charge in [-0.05, 0) is 56.1 Å². The molecule has 1 saturated heterocycles. The molecule has 3 nitrogen and oxygen atoms in total. The SMILES string of the molecule is CC[C@@]12CCN(C)C(Cc3ccc(OC)cc31)[C@@H]2O. The van der Waals surface area contributed by atoms with E-state index in [2.05, 4.69) is 31.0 Å². The number of hydrogen-bond acceptors (Lipinski definition) is 3. The Morgan fingerprint density at radius 2 is 2.26 bits per heavy atom. The lowest BCUT2D eigenvalue weighted by Crippen LogP contribution is -2.62.